The van der Waals surface area contributed by atoms with Crippen LogP contribution in [0.5, 0.6) is 0 Å². The van der Waals surface area contributed by atoms with Gasteiger partial charge in [-0.1, -0.05) is 18.2 Å². The van der Waals surface area contributed by atoms with E-state index in [-0.39, 0.29) is 0 Å². The monoisotopic (exact) mass is 132 g/mol. The first-order valence-corrected chi connectivity index (χ1v) is 3.13. The van der Waals surface area contributed by atoms with Gasteiger partial charge in [-0.3, -0.25) is 0 Å². The normalized spacial score (nSPS) is 11.7. The van der Waals surface area contributed by atoms with Gasteiger partial charge in [0.25, 0.3) is 0 Å². The van der Waals surface area contributed by atoms with Crippen LogP contribution in [0.25, 0.3) is 0 Å². The largest absolute Gasteiger partial charge is 0.175 e. The summed E-state index contributed by atoms with van der Waals surface area (Å²) < 4.78 is 0. The molecular formula is C5H8S2. The van der Waals surface area contributed by atoms with Crippen molar-refractivity contribution >= 4 is 25.3 Å². The first-order chi connectivity index (χ1) is 3.41. The van der Waals surface area contributed by atoms with Crippen molar-refractivity contribution in [3.05, 3.63) is 23.6 Å². The van der Waals surface area contributed by atoms with Crippen molar-refractivity contribution in [1.29, 1.82) is 0 Å². The third-order valence-corrected chi connectivity index (χ3v) is 0.822. The van der Waals surface area contributed by atoms with E-state index in [1.165, 1.54) is 0 Å². The summed E-state index contributed by atoms with van der Waals surface area (Å²) in [5.74, 6) is 0.790. The van der Waals surface area contributed by atoms with Crippen molar-refractivity contribution < 1.29 is 0 Å². The van der Waals surface area contributed by atoms with Gasteiger partial charge < -0.3 is 0 Å². The van der Waals surface area contributed by atoms with Crippen molar-refractivity contribution in [1.82, 2.24) is 0 Å². The summed E-state index contributed by atoms with van der Waals surface area (Å²) in [5, 5.41) is 1.68. The molecule has 0 saturated carbocycles. The van der Waals surface area contributed by atoms with Gasteiger partial charge in [-0.25, -0.2) is 0 Å². The third-order valence-electron chi connectivity index (χ3n) is 0.439. The smallest absolute Gasteiger partial charge is 0.00856 e. The van der Waals surface area contributed by atoms with Gasteiger partial charge in [-0.05, 0) is 5.41 Å². The maximum Gasteiger partial charge on any atom is 0.00856 e. The molecule has 0 saturated heterocycles. The maximum atomic E-state index is 3.95. The highest BCUT2D eigenvalue weighted by Gasteiger charge is 1.58. The number of rotatable bonds is 2. The fourth-order valence-electron chi connectivity index (χ4n) is 0.189. The van der Waals surface area contributed by atoms with Crippen LogP contribution in [-0.4, -0.2) is 5.75 Å². The van der Waals surface area contributed by atoms with Crippen LogP contribution in [0.15, 0.2) is 23.6 Å². The Morgan fingerprint density at radius 1 is 1.29 bits per heavy atom. The topological polar surface area (TPSA) is 0 Å². The van der Waals surface area contributed by atoms with Crippen LogP contribution in [0.2, 0.25) is 0 Å². The molecule has 0 aliphatic rings. The van der Waals surface area contributed by atoms with Crippen molar-refractivity contribution in [2.75, 3.05) is 5.75 Å². The molecule has 0 aromatic carbocycles. The van der Waals surface area contributed by atoms with Gasteiger partial charge in [-0.2, -0.15) is 25.3 Å². The Balaban J connectivity index is 3.09. The third kappa shape index (κ3) is 6.18. The molecule has 0 unspecified atom stereocenters. The fraction of sp³-hybridized carbons (Fsp3) is 0.200. The molecule has 0 fully saturated rings. The van der Waals surface area contributed by atoms with E-state index >= 15 is 0 Å². The van der Waals surface area contributed by atoms with Crippen LogP contribution < -0.4 is 0 Å². The summed E-state index contributed by atoms with van der Waals surface area (Å²) in [6, 6.07) is 0. The lowest BCUT2D eigenvalue weighted by atomic mass is 10.5. The van der Waals surface area contributed by atoms with Gasteiger partial charge in [0.2, 0.25) is 0 Å². The van der Waals surface area contributed by atoms with E-state index < -0.39 is 0 Å². The van der Waals surface area contributed by atoms with E-state index in [0.717, 1.165) is 5.75 Å². The zero-order valence-corrected chi connectivity index (χ0v) is 5.70. The Kier molecular flexibility index (Phi) is 6.34. The zero-order valence-electron chi connectivity index (χ0n) is 3.91. The van der Waals surface area contributed by atoms with E-state index in [1.54, 1.807) is 5.41 Å². The molecule has 0 aliphatic heterocycles. The molecule has 0 atom stereocenters. The van der Waals surface area contributed by atoms with E-state index in [1.807, 2.05) is 18.2 Å². The van der Waals surface area contributed by atoms with Crippen LogP contribution in [0, 0.1) is 0 Å². The predicted octanol–water partition coefficient (Wildman–Crippen LogP) is 1.92. The molecule has 0 amide bonds. The van der Waals surface area contributed by atoms with E-state index in [4.69, 9.17) is 0 Å². The molecule has 2 heteroatoms. The van der Waals surface area contributed by atoms with Gasteiger partial charge in [0, 0.05) is 5.75 Å². The quantitative estimate of drug-likeness (QED) is 0.416. The lowest BCUT2D eigenvalue weighted by Gasteiger charge is -1.69. The van der Waals surface area contributed by atoms with E-state index in [2.05, 4.69) is 25.3 Å². The van der Waals surface area contributed by atoms with E-state index in [0.29, 0.717) is 0 Å². The molecule has 0 radical (unpaired) electrons. The van der Waals surface area contributed by atoms with Crippen molar-refractivity contribution in [2.45, 2.75) is 0 Å². The number of thiol groups is 2. The molecular weight excluding hydrogens is 124 g/mol. The molecule has 0 spiro atoms. The number of allylic oxidation sites excluding steroid dienone is 2. The average molecular weight is 132 g/mol. The summed E-state index contributed by atoms with van der Waals surface area (Å²) in [5.41, 5.74) is 0. The first kappa shape index (κ1) is 7.18. The molecule has 0 heterocycles. The average Bonchev–Trinajstić information content (AvgIpc) is 1.69. The molecule has 0 bridgehead atoms. The van der Waals surface area contributed by atoms with Gasteiger partial charge in [0.05, 0.1) is 0 Å². The second kappa shape index (κ2) is 6.18. The standard InChI is InChI=1S/C5H8S2/c6-4-2-1-3-5-7/h1-4,6-7H,5H2. The van der Waals surface area contributed by atoms with Crippen molar-refractivity contribution in [3.63, 3.8) is 0 Å². The second-order valence-corrected chi connectivity index (χ2v) is 1.62. The molecule has 0 nitrogen and oxygen atoms in total. The molecule has 0 aromatic rings. The highest BCUT2D eigenvalue weighted by atomic mass is 32.1. The molecule has 0 aromatic heterocycles. The van der Waals surface area contributed by atoms with E-state index in [9.17, 15) is 0 Å². The fourth-order valence-corrected chi connectivity index (χ4v) is 0.410. The molecule has 0 N–H and O–H groups in total. The zero-order chi connectivity index (χ0) is 5.54. The summed E-state index contributed by atoms with van der Waals surface area (Å²) >= 11 is 7.78. The highest BCUT2D eigenvalue weighted by molar-refractivity contribution is 7.83. The van der Waals surface area contributed by atoms with Gasteiger partial charge in [-0.15, -0.1) is 0 Å². The Morgan fingerprint density at radius 2 is 2.00 bits per heavy atom. The summed E-state index contributed by atoms with van der Waals surface area (Å²) in [7, 11) is 0. The lowest BCUT2D eigenvalue weighted by molar-refractivity contribution is 1.78. The van der Waals surface area contributed by atoms with Gasteiger partial charge in [0.1, 0.15) is 0 Å². The molecule has 7 heavy (non-hydrogen) atoms. The lowest BCUT2D eigenvalue weighted by Crippen LogP contribution is -1.54. The molecule has 0 rings (SSSR count). The minimum atomic E-state index is 0.790. The summed E-state index contributed by atoms with van der Waals surface area (Å²) in [4.78, 5) is 0. The Bertz CT molecular complexity index is 74.1. The van der Waals surface area contributed by atoms with Crippen molar-refractivity contribution in [2.24, 2.45) is 0 Å². The molecule has 0 aliphatic carbocycles. The first-order valence-electron chi connectivity index (χ1n) is 1.98. The van der Waals surface area contributed by atoms with Crippen LogP contribution in [0.3, 0.4) is 0 Å². The SMILES string of the molecule is SC=CC=CCS. The Morgan fingerprint density at radius 3 is 2.43 bits per heavy atom. The summed E-state index contributed by atoms with van der Waals surface area (Å²) in [6.07, 6.45) is 5.69. The number of hydrogen-bond donors (Lipinski definition) is 2. The van der Waals surface area contributed by atoms with Gasteiger partial charge >= 0.3 is 0 Å². The Hall–Kier alpha value is 0.180. The minimum absolute atomic E-state index is 0.790. The van der Waals surface area contributed by atoms with Crippen LogP contribution in [0.1, 0.15) is 0 Å². The second-order valence-electron chi connectivity index (χ2n) is 0.952. The van der Waals surface area contributed by atoms with Crippen molar-refractivity contribution in [3.8, 4) is 0 Å². The van der Waals surface area contributed by atoms with Crippen LogP contribution in [0.4, 0.5) is 0 Å². The van der Waals surface area contributed by atoms with Crippen LogP contribution in [-0.2, 0) is 0 Å². The summed E-state index contributed by atoms with van der Waals surface area (Å²) in [6.45, 7) is 0. The highest BCUT2D eigenvalue weighted by Crippen LogP contribution is 1.81. The van der Waals surface area contributed by atoms with Gasteiger partial charge in [0.15, 0.2) is 0 Å². The predicted molar refractivity (Wildman–Crippen MR) is 41.1 cm³/mol. The minimum Gasteiger partial charge on any atom is -0.175 e. The maximum absolute atomic E-state index is 3.95. The Labute approximate surface area is 55.1 Å². The van der Waals surface area contributed by atoms with Crippen LogP contribution >= 0.6 is 25.3 Å². The number of hydrogen-bond acceptors (Lipinski definition) is 2. The molecule has 40 valence electrons.